The van der Waals surface area contributed by atoms with E-state index in [0.29, 0.717) is 12.2 Å². The number of nitrogens with one attached hydrogen (secondary N) is 1. The summed E-state index contributed by atoms with van der Waals surface area (Å²) in [5.74, 6) is 0.527. The fraction of sp³-hybridized carbons (Fsp3) is 0.421. The number of sulfone groups is 1. The number of hydrogen-bond acceptors (Lipinski definition) is 6. The van der Waals surface area contributed by atoms with Crippen LogP contribution < -0.4 is 10.2 Å². The number of hydrogen-bond donors (Lipinski definition) is 1. The third-order valence-electron chi connectivity index (χ3n) is 4.98. The number of carbonyl (C=O) groups excluding carboxylic acids is 1. The Hall–Kier alpha value is -2.48. The molecule has 0 radical (unpaired) electrons. The Bertz CT molecular complexity index is 959. The number of nitrogens with zero attached hydrogens (tertiary/aromatic N) is 3. The van der Waals surface area contributed by atoms with E-state index in [4.69, 9.17) is 0 Å². The van der Waals surface area contributed by atoms with Crippen LogP contribution in [0.25, 0.3) is 0 Å². The molecule has 144 valence electrons. The van der Waals surface area contributed by atoms with Gasteiger partial charge in [0.25, 0.3) is 5.91 Å². The first-order valence-electron chi connectivity index (χ1n) is 8.96. The average molecular weight is 388 g/mol. The van der Waals surface area contributed by atoms with E-state index in [1.54, 1.807) is 13.1 Å². The van der Waals surface area contributed by atoms with Crippen LogP contribution >= 0.6 is 0 Å². The normalized spacial score (nSPS) is 18.3. The van der Waals surface area contributed by atoms with Crippen LogP contribution in [0.1, 0.15) is 35.0 Å². The van der Waals surface area contributed by atoms with Crippen LogP contribution in [-0.2, 0) is 16.3 Å². The summed E-state index contributed by atoms with van der Waals surface area (Å²) in [4.78, 5) is 22.8. The number of anilines is 2. The van der Waals surface area contributed by atoms with E-state index in [1.807, 2.05) is 36.9 Å². The van der Waals surface area contributed by atoms with Gasteiger partial charge in [0.1, 0.15) is 17.8 Å². The molecular formula is C19H24N4O3S. The first-order valence-corrected chi connectivity index (χ1v) is 10.8. The molecule has 1 aromatic heterocycles. The van der Waals surface area contributed by atoms with Gasteiger partial charge in [-0.15, -0.1) is 0 Å². The lowest BCUT2D eigenvalue weighted by molar-refractivity contribution is 0.102. The highest BCUT2D eigenvalue weighted by Crippen LogP contribution is 2.23. The van der Waals surface area contributed by atoms with Gasteiger partial charge in [-0.2, -0.15) is 0 Å². The lowest BCUT2D eigenvalue weighted by atomic mass is 10.1. The van der Waals surface area contributed by atoms with Crippen LogP contribution in [0.4, 0.5) is 11.5 Å². The van der Waals surface area contributed by atoms with Gasteiger partial charge in [0, 0.05) is 24.8 Å². The molecule has 1 atom stereocenters. The van der Waals surface area contributed by atoms with Crippen molar-refractivity contribution in [2.45, 2.75) is 32.7 Å². The molecule has 1 N–H and O–H groups in total. The minimum absolute atomic E-state index is 0.109. The first-order chi connectivity index (χ1) is 12.8. The van der Waals surface area contributed by atoms with Gasteiger partial charge in [-0.3, -0.25) is 4.79 Å². The van der Waals surface area contributed by atoms with E-state index >= 15 is 0 Å². The lowest BCUT2D eigenvalue weighted by Crippen LogP contribution is -2.33. The van der Waals surface area contributed by atoms with E-state index in [9.17, 15) is 13.2 Å². The molecule has 0 spiro atoms. The van der Waals surface area contributed by atoms with Crippen LogP contribution in [0.3, 0.4) is 0 Å². The summed E-state index contributed by atoms with van der Waals surface area (Å²) in [6, 6.07) is 7.38. The van der Waals surface area contributed by atoms with Crippen molar-refractivity contribution in [2.24, 2.45) is 0 Å². The van der Waals surface area contributed by atoms with Crippen molar-refractivity contribution >= 4 is 27.2 Å². The summed E-state index contributed by atoms with van der Waals surface area (Å²) < 4.78 is 23.4. The van der Waals surface area contributed by atoms with Crippen molar-refractivity contribution in [3.63, 3.8) is 0 Å². The number of aryl methyl sites for hydroxylation is 2. The van der Waals surface area contributed by atoms with Gasteiger partial charge in [-0.1, -0.05) is 25.1 Å². The second kappa shape index (κ2) is 7.64. The van der Waals surface area contributed by atoms with Crippen molar-refractivity contribution in [3.8, 4) is 0 Å². The average Bonchev–Trinajstić information content (AvgIpc) is 3.02. The molecule has 3 rings (SSSR count). The van der Waals surface area contributed by atoms with Crippen molar-refractivity contribution in [1.82, 2.24) is 9.97 Å². The highest BCUT2D eigenvalue weighted by atomic mass is 32.2. The molecule has 0 saturated carbocycles. The summed E-state index contributed by atoms with van der Waals surface area (Å²) in [6.07, 6.45) is 2.71. The molecule has 0 bridgehead atoms. The number of para-hydroxylation sites is 1. The molecular weight excluding hydrogens is 364 g/mol. The standard InChI is InChI=1S/C19H24N4O3S/c1-4-14-7-5-6-13(2)18(14)22-19(24)16-10-17(21-12-20-16)23(3)15-8-9-27(25,26)11-15/h5-7,10,12,15H,4,8-9,11H2,1-3H3,(H,22,24). The van der Waals surface area contributed by atoms with Gasteiger partial charge in [0.2, 0.25) is 0 Å². The van der Waals surface area contributed by atoms with Gasteiger partial charge in [0.05, 0.1) is 11.5 Å². The number of benzene rings is 1. The van der Waals surface area contributed by atoms with Crippen molar-refractivity contribution in [1.29, 1.82) is 0 Å². The summed E-state index contributed by atoms with van der Waals surface area (Å²) in [7, 11) is -1.19. The zero-order valence-corrected chi connectivity index (χ0v) is 16.6. The molecule has 27 heavy (non-hydrogen) atoms. The maximum Gasteiger partial charge on any atom is 0.274 e. The Balaban J connectivity index is 1.80. The molecule has 1 aliphatic heterocycles. The number of carbonyl (C=O) groups is 1. The maximum absolute atomic E-state index is 12.7. The van der Waals surface area contributed by atoms with E-state index in [-0.39, 0.29) is 29.1 Å². The summed E-state index contributed by atoms with van der Waals surface area (Å²) >= 11 is 0. The molecule has 8 heteroatoms. The molecule has 0 aliphatic carbocycles. The largest absolute Gasteiger partial charge is 0.356 e. The molecule has 1 aromatic carbocycles. The molecule has 1 amide bonds. The van der Waals surface area contributed by atoms with E-state index in [0.717, 1.165) is 23.2 Å². The van der Waals surface area contributed by atoms with Crippen LogP contribution in [0, 0.1) is 6.92 Å². The fourth-order valence-corrected chi connectivity index (χ4v) is 5.09. The molecule has 7 nitrogen and oxygen atoms in total. The molecule has 2 aromatic rings. The quantitative estimate of drug-likeness (QED) is 0.844. The van der Waals surface area contributed by atoms with Gasteiger partial charge in [-0.25, -0.2) is 18.4 Å². The number of rotatable bonds is 5. The van der Waals surface area contributed by atoms with Crippen LogP contribution in [0.15, 0.2) is 30.6 Å². The van der Waals surface area contributed by atoms with Crippen LogP contribution in [0.2, 0.25) is 0 Å². The maximum atomic E-state index is 12.7. The predicted molar refractivity (Wildman–Crippen MR) is 106 cm³/mol. The Labute approximate surface area is 159 Å². The van der Waals surface area contributed by atoms with Gasteiger partial charge in [0.15, 0.2) is 9.84 Å². The van der Waals surface area contributed by atoms with Crippen LogP contribution in [-0.4, -0.2) is 48.9 Å². The lowest BCUT2D eigenvalue weighted by Gasteiger charge is -2.24. The van der Waals surface area contributed by atoms with Crippen LogP contribution in [0.5, 0.6) is 0 Å². The molecule has 1 fully saturated rings. The zero-order chi connectivity index (χ0) is 19.6. The van der Waals surface area contributed by atoms with Crippen molar-refractivity contribution in [2.75, 3.05) is 28.8 Å². The summed E-state index contributed by atoms with van der Waals surface area (Å²) in [5, 5.41) is 2.95. The highest BCUT2D eigenvalue weighted by molar-refractivity contribution is 7.91. The molecule has 1 saturated heterocycles. The Morgan fingerprint density at radius 3 is 2.78 bits per heavy atom. The smallest absolute Gasteiger partial charge is 0.274 e. The van der Waals surface area contributed by atoms with E-state index in [1.165, 1.54) is 6.33 Å². The van der Waals surface area contributed by atoms with Crippen molar-refractivity contribution in [3.05, 3.63) is 47.4 Å². The molecule has 2 heterocycles. The summed E-state index contributed by atoms with van der Waals surface area (Å²) in [6.45, 7) is 3.99. The Morgan fingerprint density at radius 2 is 2.11 bits per heavy atom. The predicted octanol–water partition coefficient (Wildman–Crippen LogP) is 2.22. The van der Waals surface area contributed by atoms with Gasteiger partial charge in [-0.05, 0) is 30.9 Å². The Morgan fingerprint density at radius 1 is 1.33 bits per heavy atom. The third kappa shape index (κ3) is 4.27. The second-order valence-electron chi connectivity index (χ2n) is 6.85. The summed E-state index contributed by atoms with van der Waals surface area (Å²) in [5.41, 5.74) is 3.11. The SMILES string of the molecule is CCc1cccc(C)c1NC(=O)c1cc(N(C)C2CCS(=O)(=O)C2)ncn1. The third-order valence-corrected chi connectivity index (χ3v) is 6.73. The molecule has 1 aliphatic rings. The molecule has 1 unspecified atom stereocenters. The first kappa shape index (κ1) is 19.3. The Kier molecular flexibility index (Phi) is 5.46. The van der Waals surface area contributed by atoms with Gasteiger partial charge >= 0.3 is 0 Å². The minimum atomic E-state index is -2.99. The fourth-order valence-electron chi connectivity index (χ4n) is 3.31. The van der Waals surface area contributed by atoms with Crippen molar-refractivity contribution < 1.29 is 13.2 Å². The van der Waals surface area contributed by atoms with E-state index < -0.39 is 9.84 Å². The zero-order valence-electron chi connectivity index (χ0n) is 15.8. The number of amides is 1. The minimum Gasteiger partial charge on any atom is -0.356 e. The van der Waals surface area contributed by atoms with Gasteiger partial charge < -0.3 is 10.2 Å². The monoisotopic (exact) mass is 388 g/mol. The highest BCUT2D eigenvalue weighted by Gasteiger charge is 2.31. The van der Waals surface area contributed by atoms with E-state index in [2.05, 4.69) is 15.3 Å². The second-order valence-corrected chi connectivity index (χ2v) is 9.07. The topological polar surface area (TPSA) is 92.3 Å². The number of aromatic nitrogens is 2.